The van der Waals surface area contributed by atoms with Crippen LogP contribution in [0.5, 0.6) is 11.5 Å². The minimum Gasteiger partial charge on any atom is -0.493 e. The Labute approximate surface area is 170 Å². The number of carbonyl (C=O) groups is 1. The number of hydrogen-bond acceptors (Lipinski definition) is 5. The van der Waals surface area contributed by atoms with Gasteiger partial charge in [-0.05, 0) is 42.2 Å². The van der Waals surface area contributed by atoms with Crippen molar-refractivity contribution in [2.45, 2.75) is 26.2 Å². The Morgan fingerprint density at radius 3 is 2.54 bits per heavy atom. The van der Waals surface area contributed by atoms with Gasteiger partial charge >= 0.3 is 0 Å². The summed E-state index contributed by atoms with van der Waals surface area (Å²) in [5.41, 5.74) is 2.62. The second-order valence-electron chi connectivity index (χ2n) is 6.23. The molecule has 1 N–H and O–H groups in total. The highest BCUT2D eigenvalue weighted by Gasteiger charge is 2.10. The predicted molar refractivity (Wildman–Crippen MR) is 112 cm³/mol. The van der Waals surface area contributed by atoms with Crippen LogP contribution in [0.4, 0.5) is 5.69 Å². The third kappa shape index (κ3) is 5.89. The molecule has 0 aromatic heterocycles. The molecule has 0 fully saturated rings. The molecule has 0 aliphatic rings. The zero-order valence-corrected chi connectivity index (χ0v) is 17.2. The molecule has 0 bridgehead atoms. The van der Waals surface area contributed by atoms with Gasteiger partial charge in [0.15, 0.2) is 18.1 Å². The van der Waals surface area contributed by atoms with Crippen molar-refractivity contribution in [3.05, 3.63) is 52.5 Å². The molecule has 1 amide bonds. The molecule has 0 heterocycles. The Kier molecular flexibility index (Phi) is 8.14. The van der Waals surface area contributed by atoms with Gasteiger partial charge in [0.2, 0.25) is 0 Å². The quantitative estimate of drug-likeness (QED) is 0.478. The van der Waals surface area contributed by atoms with Crippen LogP contribution in [0, 0.1) is 0 Å². The fourth-order valence-electron chi connectivity index (χ4n) is 2.53. The number of carbonyl (C=O) groups excluding carboxylic acids is 1. The van der Waals surface area contributed by atoms with Crippen molar-refractivity contribution in [1.82, 2.24) is 0 Å². The lowest BCUT2D eigenvalue weighted by Crippen LogP contribution is -2.17. The van der Waals surface area contributed by atoms with Crippen LogP contribution in [-0.4, -0.2) is 32.9 Å². The van der Waals surface area contributed by atoms with E-state index in [1.165, 1.54) is 26.0 Å². The first-order valence-corrected chi connectivity index (χ1v) is 9.32. The summed E-state index contributed by atoms with van der Waals surface area (Å²) >= 11 is 6.14. The van der Waals surface area contributed by atoms with Gasteiger partial charge in [-0.15, -0.1) is 0 Å². The summed E-state index contributed by atoms with van der Waals surface area (Å²) in [4.78, 5) is 17.0. The molecule has 28 heavy (non-hydrogen) atoms. The molecule has 0 saturated carbocycles. The lowest BCUT2D eigenvalue weighted by molar-refractivity contribution is -0.120. The summed E-state index contributed by atoms with van der Waals surface area (Å²) in [7, 11) is 3.03. The second-order valence-corrected chi connectivity index (χ2v) is 6.63. The van der Waals surface area contributed by atoms with Gasteiger partial charge in [-0.3, -0.25) is 4.79 Å². The predicted octanol–water partition coefficient (Wildman–Crippen LogP) is 4.86. The molecular weight excluding hydrogens is 380 g/mol. The van der Waals surface area contributed by atoms with Crippen LogP contribution in [0.2, 0.25) is 5.02 Å². The molecule has 150 valence electrons. The zero-order valence-electron chi connectivity index (χ0n) is 16.5. The van der Waals surface area contributed by atoms with E-state index in [1.54, 1.807) is 12.1 Å². The molecule has 0 aliphatic carbocycles. The minimum atomic E-state index is -0.293. The minimum absolute atomic E-state index is 0.204. The Morgan fingerprint density at radius 2 is 1.93 bits per heavy atom. The molecule has 0 radical (unpaired) electrons. The number of oxime groups is 1. The average Bonchev–Trinajstić information content (AvgIpc) is 2.70. The van der Waals surface area contributed by atoms with E-state index in [2.05, 4.69) is 24.3 Å². The van der Waals surface area contributed by atoms with Crippen LogP contribution in [0.3, 0.4) is 0 Å². The summed E-state index contributed by atoms with van der Waals surface area (Å²) < 4.78 is 10.4. The lowest BCUT2D eigenvalue weighted by atomic mass is 9.99. The molecule has 2 aromatic carbocycles. The molecule has 6 nitrogen and oxygen atoms in total. The summed E-state index contributed by atoms with van der Waals surface area (Å²) in [6, 6.07) is 11.2. The lowest BCUT2D eigenvalue weighted by Gasteiger charge is -2.10. The van der Waals surface area contributed by atoms with E-state index >= 15 is 0 Å². The van der Waals surface area contributed by atoms with Gasteiger partial charge in [0.1, 0.15) is 0 Å². The van der Waals surface area contributed by atoms with Gasteiger partial charge in [0.05, 0.1) is 25.5 Å². The van der Waals surface area contributed by atoms with Crippen LogP contribution < -0.4 is 14.8 Å². The Hall–Kier alpha value is -2.73. The van der Waals surface area contributed by atoms with Crippen molar-refractivity contribution in [3.63, 3.8) is 0 Å². The number of hydrogen-bond donors (Lipinski definition) is 1. The topological polar surface area (TPSA) is 69.2 Å². The van der Waals surface area contributed by atoms with Gasteiger partial charge in [0.25, 0.3) is 5.91 Å². The fourth-order valence-corrected chi connectivity index (χ4v) is 2.83. The van der Waals surface area contributed by atoms with Crippen molar-refractivity contribution in [3.8, 4) is 11.5 Å². The number of halogens is 1. The van der Waals surface area contributed by atoms with Crippen LogP contribution in [-0.2, 0) is 9.63 Å². The molecule has 0 aliphatic heterocycles. The van der Waals surface area contributed by atoms with E-state index in [9.17, 15) is 4.79 Å². The highest BCUT2D eigenvalue weighted by Crippen LogP contribution is 2.35. The highest BCUT2D eigenvalue weighted by molar-refractivity contribution is 6.32. The molecule has 2 rings (SSSR count). The highest BCUT2D eigenvalue weighted by atomic mass is 35.5. The SMILES string of the molecule is CC[C@@H](C)c1ccc(NC(=O)CO/N=C\c2cc(Cl)c(OC)c(OC)c2)cc1. The number of ether oxygens (including phenoxy) is 2. The van der Waals surface area contributed by atoms with Gasteiger partial charge in [0, 0.05) is 11.3 Å². The van der Waals surface area contributed by atoms with E-state index < -0.39 is 0 Å². The Balaban J connectivity index is 1.87. The van der Waals surface area contributed by atoms with E-state index in [4.69, 9.17) is 25.9 Å². The van der Waals surface area contributed by atoms with E-state index in [0.29, 0.717) is 28.0 Å². The molecule has 2 aromatic rings. The van der Waals surface area contributed by atoms with Crippen molar-refractivity contribution in [2.24, 2.45) is 5.16 Å². The summed E-state index contributed by atoms with van der Waals surface area (Å²) in [6.07, 6.45) is 2.52. The first kappa shape index (κ1) is 21.6. The third-order valence-electron chi connectivity index (χ3n) is 4.30. The molecular formula is C21H25ClN2O4. The van der Waals surface area contributed by atoms with Crippen molar-refractivity contribution < 1.29 is 19.1 Å². The smallest absolute Gasteiger partial charge is 0.265 e. The van der Waals surface area contributed by atoms with Crippen molar-refractivity contribution in [2.75, 3.05) is 26.1 Å². The van der Waals surface area contributed by atoms with Crippen LogP contribution >= 0.6 is 11.6 Å². The number of nitrogens with zero attached hydrogens (tertiary/aromatic N) is 1. The van der Waals surface area contributed by atoms with Gasteiger partial charge in [-0.25, -0.2) is 0 Å². The molecule has 7 heteroatoms. The van der Waals surface area contributed by atoms with Crippen LogP contribution in [0.1, 0.15) is 37.3 Å². The first-order valence-electron chi connectivity index (χ1n) is 8.95. The second kappa shape index (κ2) is 10.6. The Bertz CT molecular complexity index is 822. The summed E-state index contributed by atoms with van der Waals surface area (Å²) in [5.74, 6) is 1.13. The molecule has 0 unspecified atom stereocenters. The van der Waals surface area contributed by atoms with Crippen molar-refractivity contribution in [1.29, 1.82) is 0 Å². The standard InChI is InChI=1S/C21H25ClN2O4/c1-5-14(2)16-6-8-17(9-7-16)24-20(25)13-28-23-12-15-10-18(22)21(27-4)19(11-15)26-3/h6-12,14H,5,13H2,1-4H3,(H,24,25)/b23-12-/t14-/m1/s1. The number of anilines is 1. The monoisotopic (exact) mass is 404 g/mol. The molecule has 0 spiro atoms. The number of amides is 1. The number of methoxy groups -OCH3 is 2. The van der Waals surface area contributed by atoms with Crippen molar-refractivity contribution >= 4 is 29.4 Å². The van der Waals surface area contributed by atoms with Crippen LogP contribution in [0.15, 0.2) is 41.6 Å². The normalized spacial score (nSPS) is 11.9. The van der Waals surface area contributed by atoms with E-state index in [1.807, 2.05) is 24.3 Å². The van der Waals surface area contributed by atoms with E-state index in [-0.39, 0.29) is 12.5 Å². The molecule has 0 saturated heterocycles. The molecule has 1 atom stereocenters. The summed E-state index contributed by atoms with van der Waals surface area (Å²) in [6.45, 7) is 4.11. The Morgan fingerprint density at radius 1 is 1.21 bits per heavy atom. The van der Waals surface area contributed by atoms with Gasteiger partial charge in [-0.1, -0.05) is 42.7 Å². The maximum atomic E-state index is 12.0. The summed E-state index contributed by atoms with van der Waals surface area (Å²) in [5, 5.41) is 6.97. The first-order chi connectivity index (χ1) is 13.5. The third-order valence-corrected chi connectivity index (χ3v) is 4.58. The number of benzene rings is 2. The van der Waals surface area contributed by atoms with Gasteiger partial charge < -0.3 is 19.6 Å². The zero-order chi connectivity index (χ0) is 20.5. The van der Waals surface area contributed by atoms with Gasteiger partial charge in [-0.2, -0.15) is 0 Å². The number of nitrogens with one attached hydrogen (secondary N) is 1. The number of rotatable bonds is 9. The largest absolute Gasteiger partial charge is 0.493 e. The average molecular weight is 405 g/mol. The maximum Gasteiger partial charge on any atom is 0.265 e. The maximum absolute atomic E-state index is 12.0. The fraction of sp³-hybridized carbons (Fsp3) is 0.333. The van der Waals surface area contributed by atoms with Crippen LogP contribution in [0.25, 0.3) is 0 Å². The van der Waals surface area contributed by atoms with E-state index in [0.717, 1.165) is 12.1 Å².